The Morgan fingerprint density at radius 2 is 2.00 bits per heavy atom. The molecule has 0 aliphatic carbocycles. The molecule has 16 heavy (non-hydrogen) atoms. The Morgan fingerprint density at radius 1 is 1.19 bits per heavy atom. The predicted octanol–water partition coefficient (Wildman–Crippen LogP) is 3.33. The van der Waals surface area contributed by atoms with Crippen molar-refractivity contribution in [2.45, 2.75) is 33.1 Å². The second kappa shape index (κ2) is 4.97. The minimum atomic E-state index is 0.748. The number of aryl methyl sites for hydroxylation is 4. The van der Waals surface area contributed by atoms with Gasteiger partial charge in [0, 0.05) is 13.3 Å². The number of nitrogens with zero attached hydrogens (tertiary/aromatic N) is 1. The van der Waals surface area contributed by atoms with Gasteiger partial charge in [-0.1, -0.05) is 31.2 Å². The maximum atomic E-state index is 5.45. The summed E-state index contributed by atoms with van der Waals surface area (Å²) >= 11 is 0. The van der Waals surface area contributed by atoms with Crippen LogP contribution in [0.25, 0.3) is 0 Å². The largest absolute Gasteiger partial charge is 0.446 e. The lowest BCUT2D eigenvalue weighted by atomic mass is 10.0. The van der Waals surface area contributed by atoms with E-state index in [1.807, 2.05) is 13.1 Å². The Morgan fingerprint density at radius 3 is 2.69 bits per heavy atom. The van der Waals surface area contributed by atoms with Crippen LogP contribution >= 0.6 is 0 Å². The van der Waals surface area contributed by atoms with Gasteiger partial charge >= 0.3 is 0 Å². The average molecular weight is 215 g/mol. The van der Waals surface area contributed by atoms with Crippen molar-refractivity contribution in [3.8, 4) is 0 Å². The number of rotatable bonds is 4. The maximum Gasteiger partial charge on any atom is 0.191 e. The Labute approximate surface area is 96.3 Å². The molecule has 1 heterocycles. The second-order valence-corrected chi connectivity index (χ2v) is 4.02. The molecule has 0 radical (unpaired) electrons. The van der Waals surface area contributed by atoms with Gasteiger partial charge in [-0.05, 0) is 24.0 Å². The minimum absolute atomic E-state index is 0.748. The van der Waals surface area contributed by atoms with Gasteiger partial charge in [0.15, 0.2) is 5.89 Å². The normalized spacial score (nSPS) is 10.6. The van der Waals surface area contributed by atoms with Crippen LogP contribution in [0.4, 0.5) is 0 Å². The smallest absolute Gasteiger partial charge is 0.191 e. The Bertz CT molecular complexity index is 459. The van der Waals surface area contributed by atoms with E-state index in [-0.39, 0.29) is 0 Å². The predicted molar refractivity (Wildman–Crippen MR) is 64.5 cm³/mol. The van der Waals surface area contributed by atoms with Crippen LogP contribution in [0, 0.1) is 6.92 Å². The summed E-state index contributed by atoms with van der Waals surface area (Å²) < 4.78 is 5.45. The molecular weight excluding hydrogens is 198 g/mol. The van der Waals surface area contributed by atoms with Crippen molar-refractivity contribution in [1.82, 2.24) is 4.98 Å². The molecular formula is C14H17NO. The highest BCUT2D eigenvalue weighted by Crippen LogP contribution is 2.10. The monoisotopic (exact) mass is 215 g/mol. The molecule has 0 amide bonds. The fourth-order valence-electron chi connectivity index (χ4n) is 1.79. The third-order valence-electron chi connectivity index (χ3n) is 2.73. The van der Waals surface area contributed by atoms with Gasteiger partial charge in [-0.3, -0.25) is 0 Å². The molecule has 0 fully saturated rings. The van der Waals surface area contributed by atoms with Crippen LogP contribution < -0.4 is 0 Å². The molecule has 0 bridgehead atoms. The molecule has 0 spiro atoms. The molecule has 1 aromatic carbocycles. The Hall–Kier alpha value is -1.57. The highest BCUT2D eigenvalue weighted by molar-refractivity contribution is 5.24. The SMILES string of the molecule is CCc1cccc(CCc2cnc(C)o2)c1. The van der Waals surface area contributed by atoms with E-state index in [1.165, 1.54) is 11.1 Å². The lowest BCUT2D eigenvalue weighted by Crippen LogP contribution is -1.91. The summed E-state index contributed by atoms with van der Waals surface area (Å²) in [7, 11) is 0. The molecule has 0 saturated heterocycles. The molecule has 0 atom stereocenters. The Balaban J connectivity index is 1.99. The first kappa shape index (κ1) is 10.9. The van der Waals surface area contributed by atoms with E-state index < -0.39 is 0 Å². The third-order valence-corrected chi connectivity index (χ3v) is 2.73. The van der Waals surface area contributed by atoms with Crippen molar-refractivity contribution in [1.29, 1.82) is 0 Å². The molecule has 0 aliphatic rings. The number of benzene rings is 1. The average Bonchev–Trinajstić information content (AvgIpc) is 2.73. The zero-order valence-electron chi connectivity index (χ0n) is 9.86. The van der Waals surface area contributed by atoms with Gasteiger partial charge in [0.1, 0.15) is 5.76 Å². The zero-order chi connectivity index (χ0) is 11.4. The molecule has 2 heteroatoms. The van der Waals surface area contributed by atoms with Gasteiger partial charge in [-0.2, -0.15) is 0 Å². The quantitative estimate of drug-likeness (QED) is 0.781. The van der Waals surface area contributed by atoms with Crippen LogP contribution in [0.1, 0.15) is 29.7 Å². The van der Waals surface area contributed by atoms with E-state index in [2.05, 4.69) is 36.2 Å². The first-order valence-electron chi connectivity index (χ1n) is 5.77. The van der Waals surface area contributed by atoms with Crippen molar-refractivity contribution in [2.24, 2.45) is 0 Å². The molecule has 0 N–H and O–H groups in total. The number of oxazole rings is 1. The van der Waals surface area contributed by atoms with Gasteiger partial charge < -0.3 is 4.42 Å². The van der Waals surface area contributed by atoms with Gasteiger partial charge in [0.05, 0.1) is 6.20 Å². The molecule has 2 nitrogen and oxygen atoms in total. The summed E-state index contributed by atoms with van der Waals surface area (Å²) in [5.74, 6) is 1.72. The van der Waals surface area contributed by atoms with Crippen LogP contribution in [0.3, 0.4) is 0 Å². The van der Waals surface area contributed by atoms with Crippen molar-refractivity contribution in [2.75, 3.05) is 0 Å². The standard InChI is InChI=1S/C14H17NO/c1-3-12-5-4-6-13(9-12)7-8-14-10-15-11(2)16-14/h4-6,9-10H,3,7-8H2,1-2H3. The van der Waals surface area contributed by atoms with E-state index in [4.69, 9.17) is 4.42 Å². The minimum Gasteiger partial charge on any atom is -0.446 e. The summed E-state index contributed by atoms with van der Waals surface area (Å²) in [5.41, 5.74) is 2.76. The molecule has 0 unspecified atom stereocenters. The van der Waals surface area contributed by atoms with Gasteiger partial charge in [0.2, 0.25) is 0 Å². The lowest BCUT2D eigenvalue weighted by Gasteiger charge is -2.02. The van der Waals surface area contributed by atoms with Crippen LogP contribution in [0.2, 0.25) is 0 Å². The molecule has 1 aromatic heterocycles. The molecule has 2 aromatic rings. The number of aromatic nitrogens is 1. The molecule has 0 aliphatic heterocycles. The molecule has 2 rings (SSSR count). The highest BCUT2D eigenvalue weighted by atomic mass is 16.3. The lowest BCUT2D eigenvalue weighted by molar-refractivity contribution is 0.474. The van der Waals surface area contributed by atoms with Gasteiger partial charge in [-0.15, -0.1) is 0 Å². The van der Waals surface area contributed by atoms with E-state index >= 15 is 0 Å². The summed E-state index contributed by atoms with van der Waals surface area (Å²) in [6, 6.07) is 8.73. The summed E-state index contributed by atoms with van der Waals surface area (Å²) in [6.07, 6.45) is 4.85. The summed E-state index contributed by atoms with van der Waals surface area (Å²) in [6.45, 7) is 4.06. The van der Waals surface area contributed by atoms with Crippen LogP contribution in [-0.4, -0.2) is 4.98 Å². The van der Waals surface area contributed by atoms with Crippen LogP contribution in [0.15, 0.2) is 34.9 Å². The van der Waals surface area contributed by atoms with E-state index in [1.54, 1.807) is 0 Å². The fraction of sp³-hybridized carbons (Fsp3) is 0.357. The van der Waals surface area contributed by atoms with E-state index in [0.717, 1.165) is 30.9 Å². The number of hydrogen-bond acceptors (Lipinski definition) is 2. The maximum absolute atomic E-state index is 5.45. The summed E-state index contributed by atoms with van der Waals surface area (Å²) in [5, 5.41) is 0. The van der Waals surface area contributed by atoms with Crippen molar-refractivity contribution >= 4 is 0 Å². The van der Waals surface area contributed by atoms with Gasteiger partial charge in [0.25, 0.3) is 0 Å². The van der Waals surface area contributed by atoms with Crippen molar-refractivity contribution in [3.63, 3.8) is 0 Å². The van der Waals surface area contributed by atoms with E-state index in [0.29, 0.717) is 0 Å². The highest BCUT2D eigenvalue weighted by Gasteiger charge is 2.01. The molecule has 84 valence electrons. The third kappa shape index (κ3) is 2.72. The van der Waals surface area contributed by atoms with Gasteiger partial charge in [-0.25, -0.2) is 4.98 Å². The molecule has 0 saturated carbocycles. The Kier molecular flexibility index (Phi) is 3.40. The first-order valence-corrected chi connectivity index (χ1v) is 5.77. The topological polar surface area (TPSA) is 26.0 Å². The van der Waals surface area contributed by atoms with Crippen LogP contribution in [-0.2, 0) is 19.3 Å². The van der Waals surface area contributed by atoms with Crippen molar-refractivity contribution < 1.29 is 4.42 Å². The van der Waals surface area contributed by atoms with E-state index in [9.17, 15) is 0 Å². The zero-order valence-corrected chi connectivity index (χ0v) is 9.86. The summed E-state index contributed by atoms with van der Waals surface area (Å²) in [4.78, 5) is 4.10. The first-order chi connectivity index (χ1) is 7.78. The fourth-order valence-corrected chi connectivity index (χ4v) is 1.79. The van der Waals surface area contributed by atoms with Crippen molar-refractivity contribution in [3.05, 3.63) is 53.2 Å². The van der Waals surface area contributed by atoms with Crippen LogP contribution in [0.5, 0.6) is 0 Å². The second-order valence-electron chi connectivity index (χ2n) is 4.02. The number of hydrogen-bond donors (Lipinski definition) is 0.